The topological polar surface area (TPSA) is 70.7 Å². The van der Waals surface area contributed by atoms with Crippen LogP contribution in [0.1, 0.15) is 20.8 Å². The Bertz CT molecular complexity index is 211. The van der Waals surface area contributed by atoms with Crippen molar-refractivity contribution in [3.05, 3.63) is 0 Å². The van der Waals surface area contributed by atoms with Crippen LogP contribution in [0.2, 0.25) is 0 Å². The average molecular weight is 200 g/mol. The molecule has 0 spiro atoms. The van der Waals surface area contributed by atoms with Gasteiger partial charge in [0.05, 0.1) is 0 Å². The van der Waals surface area contributed by atoms with Gasteiger partial charge in [0.25, 0.3) is 0 Å². The third-order valence-corrected chi connectivity index (χ3v) is 2.05. The Labute approximate surface area is 85.4 Å². The van der Waals surface area contributed by atoms with Crippen LogP contribution in [0.4, 0.5) is 0 Å². The zero-order valence-electron chi connectivity index (χ0n) is 9.37. The van der Waals surface area contributed by atoms with Crippen molar-refractivity contribution in [2.24, 2.45) is 10.7 Å². The average Bonchev–Trinajstić information content (AvgIpc) is 2.19. The molecule has 0 saturated carbocycles. The van der Waals surface area contributed by atoms with Crippen LogP contribution in [0.25, 0.3) is 0 Å². The van der Waals surface area contributed by atoms with E-state index in [0.717, 1.165) is 0 Å². The van der Waals surface area contributed by atoms with Crippen molar-refractivity contribution in [3.63, 3.8) is 0 Å². The SMILES string of the molecule is CCN(CC)C(=O)C(C)NC(N)=NC. The smallest absolute Gasteiger partial charge is 0.244 e. The number of guanidine groups is 1. The third-order valence-electron chi connectivity index (χ3n) is 2.05. The Balaban J connectivity index is 4.23. The number of hydrogen-bond donors (Lipinski definition) is 2. The van der Waals surface area contributed by atoms with E-state index in [1.165, 1.54) is 0 Å². The van der Waals surface area contributed by atoms with Gasteiger partial charge in [0.15, 0.2) is 5.96 Å². The van der Waals surface area contributed by atoms with Crippen LogP contribution >= 0.6 is 0 Å². The molecule has 0 rings (SSSR count). The van der Waals surface area contributed by atoms with Gasteiger partial charge in [-0.05, 0) is 20.8 Å². The maximum atomic E-state index is 11.7. The standard InChI is InChI=1S/C9H20N4O/c1-5-13(6-2)8(14)7(3)12-9(10)11-4/h7H,5-6H2,1-4H3,(H3,10,11,12). The molecule has 0 bridgehead atoms. The zero-order chi connectivity index (χ0) is 11.1. The number of carbonyl (C=O) groups excluding carboxylic acids is 1. The number of aliphatic imine (C=N–C) groups is 1. The van der Waals surface area contributed by atoms with Gasteiger partial charge >= 0.3 is 0 Å². The van der Waals surface area contributed by atoms with E-state index in [1.807, 2.05) is 13.8 Å². The molecule has 5 heteroatoms. The Morgan fingerprint density at radius 2 is 2.00 bits per heavy atom. The molecule has 0 aliphatic carbocycles. The summed E-state index contributed by atoms with van der Waals surface area (Å²) in [6, 6.07) is -0.321. The minimum Gasteiger partial charge on any atom is -0.370 e. The summed E-state index contributed by atoms with van der Waals surface area (Å²) in [4.78, 5) is 17.2. The van der Waals surface area contributed by atoms with Crippen molar-refractivity contribution in [1.29, 1.82) is 0 Å². The fourth-order valence-electron chi connectivity index (χ4n) is 1.16. The van der Waals surface area contributed by atoms with Gasteiger partial charge in [0, 0.05) is 20.1 Å². The molecule has 0 aromatic heterocycles. The molecule has 0 aliphatic rings. The van der Waals surface area contributed by atoms with Crippen LogP contribution in [0.3, 0.4) is 0 Å². The molecule has 82 valence electrons. The summed E-state index contributed by atoms with van der Waals surface area (Å²) in [5.74, 6) is 0.333. The molecule has 0 aromatic carbocycles. The van der Waals surface area contributed by atoms with Gasteiger partial charge in [0.1, 0.15) is 6.04 Å². The highest BCUT2D eigenvalue weighted by molar-refractivity contribution is 5.87. The second-order valence-corrected chi connectivity index (χ2v) is 2.99. The molecule has 0 heterocycles. The lowest BCUT2D eigenvalue weighted by Crippen LogP contribution is -2.49. The van der Waals surface area contributed by atoms with Crippen molar-refractivity contribution >= 4 is 11.9 Å². The number of nitrogens with one attached hydrogen (secondary N) is 1. The van der Waals surface area contributed by atoms with Crippen molar-refractivity contribution < 1.29 is 4.79 Å². The van der Waals surface area contributed by atoms with E-state index in [-0.39, 0.29) is 17.9 Å². The normalized spacial score (nSPS) is 13.6. The number of likely N-dealkylation sites (N-methyl/N-ethyl adjacent to an activating group) is 1. The van der Waals surface area contributed by atoms with Crippen molar-refractivity contribution in [2.45, 2.75) is 26.8 Å². The van der Waals surface area contributed by atoms with E-state index >= 15 is 0 Å². The van der Waals surface area contributed by atoms with Gasteiger partial charge in [0.2, 0.25) is 5.91 Å². The van der Waals surface area contributed by atoms with Crippen LogP contribution in [0.15, 0.2) is 4.99 Å². The third kappa shape index (κ3) is 3.64. The Morgan fingerprint density at radius 1 is 1.50 bits per heavy atom. The van der Waals surface area contributed by atoms with Gasteiger partial charge in [-0.1, -0.05) is 0 Å². The first kappa shape index (κ1) is 12.7. The summed E-state index contributed by atoms with van der Waals surface area (Å²) in [7, 11) is 1.58. The quantitative estimate of drug-likeness (QED) is 0.487. The second kappa shape index (κ2) is 6.23. The molecule has 0 aromatic rings. The molecule has 3 N–H and O–H groups in total. The number of rotatable bonds is 4. The van der Waals surface area contributed by atoms with Gasteiger partial charge in [-0.25, -0.2) is 0 Å². The monoisotopic (exact) mass is 200 g/mol. The molecule has 1 amide bonds. The van der Waals surface area contributed by atoms with Crippen LogP contribution in [-0.4, -0.2) is 42.9 Å². The highest BCUT2D eigenvalue weighted by atomic mass is 16.2. The maximum absolute atomic E-state index is 11.7. The first-order chi connectivity index (χ1) is 6.56. The minimum absolute atomic E-state index is 0.0431. The van der Waals surface area contributed by atoms with Gasteiger partial charge in [-0.15, -0.1) is 0 Å². The Hall–Kier alpha value is -1.26. The first-order valence-electron chi connectivity index (χ1n) is 4.84. The van der Waals surface area contributed by atoms with Crippen LogP contribution in [0.5, 0.6) is 0 Å². The number of nitrogens with zero attached hydrogens (tertiary/aromatic N) is 2. The molecule has 0 fully saturated rings. The lowest BCUT2D eigenvalue weighted by atomic mass is 10.3. The van der Waals surface area contributed by atoms with Crippen LogP contribution < -0.4 is 11.1 Å². The fraction of sp³-hybridized carbons (Fsp3) is 0.778. The highest BCUT2D eigenvalue weighted by Gasteiger charge is 2.17. The molecule has 0 saturated heterocycles. The predicted molar refractivity (Wildman–Crippen MR) is 58.1 cm³/mol. The fourth-order valence-corrected chi connectivity index (χ4v) is 1.16. The molecular formula is C9H20N4O. The molecular weight excluding hydrogens is 180 g/mol. The van der Waals surface area contributed by atoms with E-state index in [1.54, 1.807) is 18.9 Å². The van der Waals surface area contributed by atoms with Crippen LogP contribution in [0, 0.1) is 0 Å². The summed E-state index contributed by atoms with van der Waals surface area (Å²) in [5, 5.41) is 2.81. The van der Waals surface area contributed by atoms with Gasteiger partial charge < -0.3 is 16.0 Å². The van der Waals surface area contributed by atoms with Crippen LogP contribution in [-0.2, 0) is 4.79 Å². The molecule has 1 atom stereocenters. The predicted octanol–water partition coefficient (Wildman–Crippen LogP) is -0.223. The van der Waals surface area contributed by atoms with Crippen molar-refractivity contribution in [3.8, 4) is 0 Å². The highest BCUT2D eigenvalue weighted by Crippen LogP contribution is 1.94. The molecule has 0 radical (unpaired) electrons. The van der Waals surface area contributed by atoms with E-state index in [0.29, 0.717) is 13.1 Å². The summed E-state index contributed by atoms with van der Waals surface area (Å²) in [5.41, 5.74) is 5.46. The summed E-state index contributed by atoms with van der Waals surface area (Å²) < 4.78 is 0. The molecule has 1 unspecified atom stereocenters. The van der Waals surface area contributed by atoms with E-state index < -0.39 is 0 Å². The first-order valence-corrected chi connectivity index (χ1v) is 4.84. The zero-order valence-corrected chi connectivity index (χ0v) is 9.37. The Morgan fingerprint density at radius 3 is 2.36 bits per heavy atom. The van der Waals surface area contributed by atoms with Crippen molar-refractivity contribution in [1.82, 2.24) is 10.2 Å². The second-order valence-electron chi connectivity index (χ2n) is 2.99. The van der Waals surface area contributed by atoms with Gasteiger partial charge in [-0.2, -0.15) is 0 Å². The Kier molecular flexibility index (Phi) is 5.67. The molecule has 5 nitrogen and oxygen atoms in total. The number of carbonyl (C=O) groups is 1. The summed E-state index contributed by atoms with van der Waals surface area (Å²) >= 11 is 0. The van der Waals surface area contributed by atoms with E-state index in [2.05, 4.69) is 10.3 Å². The minimum atomic E-state index is -0.321. The lowest BCUT2D eigenvalue weighted by Gasteiger charge is -2.23. The number of hydrogen-bond acceptors (Lipinski definition) is 2. The molecule has 14 heavy (non-hydrogen) atoms. The lowest BCUT2D eigenvalue weighted by molar-refractivity contribution is -0.132. The molecule has 0 aliphatic heterocycles. The van der Waals surface area contributed by atoms with Gasteiger partial charge in [-0.3, -0.25) is 9.79 Å². The largest absolute Gasteiger partial charge is 0.370 e. The summed E-state index contributed by atoms with van der Waals surface area (Å²) in [6.45, 7) is 7.10. The summed E-state index contributed by atoms with van der Waals surface area (Å²) in [6.07, 6.45) is 0. The maximum Gasteiger partial charge on any atom is 0.244 e. The van der Waals surface area contributed by atoms with E-state index in [9.17, 15) is 4.79 Å². The number of nitrogens with two attached hydrogens (primary N) is 1. The van der Waals surface area contributed by atoms with Crippen molar-refractivity contribution in [2.75, 3.05) is 20.1 Å². The number of amides is 1. The van der Waals surface area contributed by atoms with E-state index in [4.69, 9.17) is 5.73 Å².